The summed E-state index contributed by atoms with van der Waals surface area (Å²) in [7, 11) is 1.57. The summed E-state index contributed by atoms with van der Waals surface area (Å²) >= 11 is 1.75. The van der Waals surface area contributed by atoms with Crippen LogP contribution in [-0.2, 0) is 11.2 Å². The second kappa shape index (κ2) is 9.94. The van der Waals surface area contributed by atoms with Gasteiger partial charge in [0.25, 0.3) is 0 Å². The Hall–Kier alpha value is -2.99. The first-order valence-electron chi connectivity index (χ1n) is 12.0. The van der Waals surface area contributed by atoms with Crippen molar-refractivity contribution in [1.29, 1.82) is 0 Å². The van der Waals surface area contributed by atoms with Gasteiger partial charge in [-0.1, -0.05) is 31.2 Å². The molecule has 3 aromatic carbocycles. The Bertz CT molecular complexity index is 1220. The lowest BCUT2D eigenvalue weighted by Gasteiger charge is -2.27. The van der Waals surface area contributed by atoms with E-state index in [0.29, 0.717) is 23.8 Å². The summed E-state index contributed by atoms with van der Waals surface area (Å²) in [5.74, 6) is 0.619. The molecule has 2 aliphatic rings. The van der Waals surface area contributed by atoms with Crippen molar-refractivity contribution in [2.24, 2.45) is 11.8 Å². The summed E-state index contributed by atoms with van der Waals surface area (Å²) in [6.07, 6.45) is 3.06. The number of hydrogen-bond donors (Lipinski definition) is 1. The smallest absolute Gasteiger partial charge is 0.306 e. The molecule has 0 bridgehead atoms. The van der Waals surface area contributed by atoms with Crippen molar-refractivity contribution in [3.8, 4) is 22.6 Å². The molecule has 0 radical (unpaired) electrons. The van der Waals surface area contributed by atoms with Crippen LogP contribution in [-0.4, -0.2) is 30.0 Å². The molecule has 6 heteroatoms. The van der Waals surface area contributed by atoms with Crippen LogP contribution in [0.5, 0.6) is 11.5 Å². The molecule has 3 atom stereocenters. The highest BCUT2D eigenvalue weighted by molar-refractivity contribution is 8.00. The molecule has 35 heavy (non-hydrogen) atoms. The van der Waals surface area contributed by atoms with Gasteiger partial charge in [0.2, 0.25) is 0 Å². The summed E-state index contributed by atoms with van der Waals surface area (Å²) in [6.45, 7) is 2.43. The van der Waals surface area contributed by atoms with Crippen molar-refractivity contribution in [3.05, 3.63) is 77.6 Å². The normalized spacial score (nSPS) is 18.8. The first kappa shape index (κ1) is 23.7. The van der Waals surface area contributed by atoms with Gasteiger partial charge in [0.05, 0.1) is 13.0 Å². The number of rotatable bonds is 8. The van der Waals surface area contributed by atoms with Gasteiger partial charge in [-0.15, -0.1) is 11.8 Å². The highest BCUT2D eigenvalue weighted by atomic mass is 32.2. The Morgan fingerprint density at radius 1 is 1.11 bits per heavy atom. The second-order valence-corrected chi connectivity index (χ2v) is 10.9. The van der Waals surface area contributed by atoms with Crippen molar-refractivity contribution in [2.75, 3.05) is 13.7 Å². The summed E-state index contributed by atoms with van der Waals surface area (Å²) in [5.41, 5.74) is 3.58. The third-order valence-corrected chi connectivity index (χ3v) is 8.22. The fraction of sp³-hybridized carbons (Fsp3) is 0.345. The van der Waals surface area contributed by atoms with Crippen LogP contribution >= 0.6 is 11.8 Å². The van der Waals surface area contributed by atoms with Gasteiger partial charge in [-0.05, 0) is 84.2 Å². The van der Waals surface area contributed by atoms with E-state index in [-0.39, 0.29) is 17.0 Å². The molecule has 3 aromatic rings. The van der Waals surface area contributed by atoms with Crippen molar-refractivity contribution >= 4 is 17.7 Å². The number of thioether (sulfide) groups is 1. The summed E-state index contributed by atoms with van der Waals surface area (Å²) in [4.78, 5) is 12.8. The zero-order valence-electron chi connectivity index (χ0n) is 19.9. The highest BCUT2D eigenvalue weighted by Crippen LogP contribution is 2.48. The van der Waals surface area contributed by atoms with E-state index in [0.717, 1.165) is 46.6 Å². The van der Waals surface area contributed by atoms with E-state index in [1.807, 2.05) is 43.3 Å². The van der Waals surface area contributed by atoms with Crippen LogP contribution < -0.4 is 9.47 Å². The summed E-state index contributed by atoms with van der Waals surface area (Å²) < 4.78 is 25.6. The zero-order chi connectivity index (χ0) is 24.5. The Labute approximate surface area is 209 Å². The van der Waals surface area contributed by atoms with Gasteiger partial charge in [-0.2, -0.15) is 0 Å². The predicted molar refractivity (Wildman–Crippen MR) is 136 cm³/mol. The van der Waals surface area contributed by atoms with E-state index in [2.05, 4.69) is 6.07 Å². The molecule has 5 rings (SSSR count). The number of aliphatic carboxylic acids is 1. The van der Waals surface area contributed by atoms with Crippen LogP contribution in [0.2, 0.25) is 0 Å². The third-order valence-electron chi connectivity index (χ3n) is 7.04. The molecule has 3 unspecified atom stereocenters. The van der Waals surface area contributed by atoms with Gasteiger partial charge >= 0.3 is 5.97 Å². The fourth-order valence-corrected chi connectivity index (χ4v) is 6.08. The standard InChI is InChI=1S/C29H29FO4S/c1-17(29(31)32)28(19-3-4-19)20-7-12-27-21(13-20)14-24(16-34-27)35-23-9-5-18(6-10-23)25-15-22(33-2)8-11-26(25)30/h5-13,15,17,19,24,28H,3-4,14,16H2,1-2H3,(H,31,32). The van der Waals surface area contributed by atoms with Crippen molar-refractivity contribution < 1.29 is 23.8 Å². The van der Waals surface area contributed by atoms with Crippen LogP contribution in [0.3, 0.4) is 0 Å². The second-order valence-electron chi connectivity index (χ2n) is 9.48. The molecule has 1 N–H and O–H groups in total. The third kappa shape index (κ3) is 5.18. The Morgan fingerprint density at radius 2 is 1.89 bits per heavy atom. The summed E-state index contributed by atoms with van der Waals surface area (Å²) in [5, 5.41) is 9.86. The monoisotopic (exact) mass is 492 g/mol. The molecular formula is C29H29FO4S. The van der Waals surface area contributed by atoms with Gasteiger partial charge in [0.15, 0.2) is 0 Å². The molecule has 0 spiro atoms. The van der Waals surface area contributed by atoms with Gasteiger partial charge in [-0.25, -0.2) is 4.39 Å². The van der Waals surface area contributed by atoms with Gasteiger partial charge in [0, 0.05) is 15.7 Å². The van der Waals surface area contributed by atoms with Gasteiger partial charge in [0.1, 0.15) is 23.9 Å². The van der Waals surface area contributed by atoms with Crippen molar-refractivity contribution in [1.82, 2.24) is 0 Å². The van der Waals surface area contributed by atoms with Gasteiger partial charge < -0.3 is 14.6 Å². The molecule has 182 valence electrons. The molecule has 1 aliphatic carbocycles. The molecular weight excluding hydrogens is 463 g/mol. The number of ether oxygens (including phenoxy) is 2. The number of carbonyl (C=O) groups is 1. The van der Waals surface area contributed by atoms with E-state index in [4.69, 9.17) is 9.47 Å². The molecule has 1 aliphatic heterocycles. The van der Waals surface area contributed by atoms with E-state index >= 15 is 0 Å². The van der Waals surface area contributed by atoms with Crippen LogP contribution in [0.25, 0.3) is 11.1 Å². The lowest BCUT2D eigenvalue weighted by atomic mass is 9.82. The van der Waals surface area contributed by atoms with Gasteiger partial charge in [-0.3, -0.25) is 4.79 Å². The number of hydrogen-bond acceptors (Lipinski definition) is 4. The molecule has 1 saturated carbocycles. The first-order chi connectivity index (χ1) is 16.9. The quantitative estimate of drug-likeness (QED) is 0.374. The molecule has 0 amide bonds. The maximum absolute atomic E-state index is 14.3. The minimum absolute atomic E-state index is 0.0513. The minimum atomic E-state index is -0.735. The maximum Gasteiger partial charge on any atom is 0.306 e. The van der Waals surface area contributed by atoms with Crippen molar-refractivity contribution in [2.45, 2.75) is 42.2 Å². The fourth-order valence-electron chi connectivity index (χ4n) is 5.01. The van der Waals surface area contributed by atoms with Crippen LogP contribution in [0, 0.1) is 17.7 Å². The van der Waals surface area contributed by atoms with Crippen LogP contribution in [0.4, 0.5) is 4.39 Å². The van der Waals surface area contributed by atoms with Crippen LogP contribution in [0.15, 0.2) is 65.6 Å². The van der Waals surface area contributed by atoms with E-state index in [1.54, 1.807) is 31.0 Å². The molecule has 0 aromatic heterocycles. The largest absolute Gasteiger partial charge is 0.497 e. The number of fused-ring (bicyclic) bond motifs is 1. The number of carboxylic acid groups (broad SMARTS) is 1. The Balaban J connectivity index is 1.30. The molecule has 1 heterocycles. The highest BCUT2D eigenvalue weighted by Gasteiger charge is 2.39. The molecule has 4 nitrogen and oxygen atoms in total. The topological polar surface area (TPSA) is 55.8 Å². The van der Waals surface area contributed by atoms with Crippen molar-refractivity contribution in [3.63, 3.8) is 0 Å². The van der Waals surface area contributed by atoms with E-state index in [1.165, 1.54) is 6.07 Å². The SMILES string of the molecule is COc1ccc(F)c(-c2ccc(SC3COc4ccc(C(C5CC5)C(C)C(=O)O)cc4C3)cc2)c1. The van der Waals surface area contributed by atoms with Crippen LogP contribution in [0.1, 0.15) is 36.8 Å². The minimum Gasteiger partial charge on any atom is -0.497 e. The molecule has 0 saturated heterocycles. The number of benzene rings is 3. The molecule has 1 fully saturated rings. The Morgan fingerprint density at radius 3 is 2.57 bits per heavy atom. The Kier molecular flexibility index (Phi) is 6.74. The average molecular weight is 493 g/mol. The summed E-state index contributed by atoms with van der Waals surface area (Å²) in [6, 6.07) is 18.9. The van der Waals surface area contributed by atoms with E-state index in [9.17, 15) is 14.3 Å². The predicted octanol–water partition coefficient (Wildman–Crippen LogP) is 6.81. The number of halogens is 1. The lowest BCUT2D eigenvalue weighted by Crippen LogP contribution is -2.24. The number of methoxy groups -OCH3 is 1. The van der Waals surface area contributed by atoms with E-state index < -0.39 is 11.9 Å². The number of carboxylic acids is 1. The zero-order valence-corrected chi connectivity index (χ0v) is 20.7. The maximum atomic E-state index is 14.3. The average Bonchev–Trinajstić information content (AvgIpc) is 3.70. The first-order valence-corrected chi connectivity index (χ1v) is 12.9. The lowest BCUT2D eigenvalue weighted by molar-refractivity contribution is -0.142.